The summed E-state index contributed by atoms with van der Waals surface area (Å²) < 4.78 is 0. The number of amides is 2. The number of carbonyl (C=O) groups is 1. The number of hydrogen-bond donors (Lipinski definition) is 2. The third kappa shape index (κ3) is 4.35. The molecule has 1 atom stereocenters. The molecule has 0 spiro atoms. The van der Waals surface area contributed by atoms with E-state index < -0.39 is 6.10 Å². The van der Waals surface area contributed by atoms with E-state index in [-0.39, 0.29) is 11.4 Å². The van der Waals surface area contributed by atoms with Gasteiger partial charge in [-0.25, -0.2) is 4.79 Å². The second-order valence-electron chi connectivity index (χ2n) is 6.29. The fraction of sp³-hybridized carbons (Fsp3) is 0.562. The number of piperidine rings is 1. The molecule has 2 rings (SSSR count). The summed E-state index contributed by atoms with van der Waals surface area (Å²) in [6.07, 6.45) is 1.24. The van der Waals surface area contributed by atoms with Gasteiger partial charge in [0.1, 0.15) is 0 Å². The van der Waals surface area contributed by atoms with Crippen LogP contribution in [-0.2, 0) is 5.41 Å². The summed E-state index contributed by atoms with van der Waals surface area (Å²) in [6, 6.07) is 7.59. The third-order valence-electron chi connectivity index (χ3n) is 3.99. The lowest BCUT2D eigenvalue weighted by molar-refractivity contribution is 0.0839. The number of carbonyl (C=O) groups excluding carboxylic acids is 1. The molecule has 0 radical (unpaired) electrons. The van der Waals surface area contributed by atoms with Gasteiger partial charge in [-0.2, -0.15) is 0 Å². The zero-order valence-electron chi connectivity index (χ0n) is 12.6. The maximum Gasteiger partial charge on any atom is 0.317 e. The Morgan fingerprint density at radius 2 is 2.10 bits per heavy atom. The van der Waals surface area contributed by atoms with Crippen LogP contribution in [0.3, 0.4) is 0 Å². The number of aliphatic hydroxyl groups is 1. The molecule has 2 amide bonds. The second kappa shape index (κ2) is 6.67. The molecule has 1 aromatic carbocycles. The minimum absolute atomic E-state index is 0.101. The summed E-state index contributed by atoms with van der Waals surface area (Å²) in [5.74, 6) is 0. The zero-order chi connectivity index (χ0) is 15.5. The van der Waals surface area contributed by atoms with Gasteiger partial charge in [0, 0.05) is 30.1 Å². The number of hydrogen-bond acceptors (Lipinski definition) is 2. The van der Waals surface area contributed by atoms with Crippen LogP contribution in [0.5, 0.6) is 0 Å². The van der Waals surface area contributed by atoms with Crippen LogP contribution < -0.4 is 5.32 Å². The Kier molecular flexibility index (Phi) is 5.12. The highest BCUT2D eigenvalue weighted by molar-refractivity contribution is 6.30. The number of urea groups is 1. The number of aliphatic hydroxyl groups excluding tert-OH is 1. The van der Waals surface area contributed by atoms with Crippen LogP contribution in [0.15, 0.2) is 24.3 Å². The zero-order valence-corrected chi connectivity index (χ0v) is 13.4. The molecule has 2 N–H and O–H groups in total. The molecule has 21 heavy (non-hydrogen) atoms. The lowest BCUT2D eigenvalue weighted by Crippen LogP contribution is -2.49. The van der Waals surface area contributed by atoms with E-state index >= 15 is 0 Å². The number of nitrogens with one attached hydrogen (secondary N) is 1. The lowest BCUT2D eigenvalue weighted by Gasteiger charge is -2.32. The first-order chi connectivity index (χ1) is 9.88. The maximum atomic E-state index is 12.2. The fourth-order valence-electron chi connectivity index (χ4n) is 2.55. The average molecular weight is 311 g/mol. The molecule has 0 bridgehead atoms. The fourth-order valence-corrected chi connectivity index (χ4v) is 2.68. The van der Waals surface area contributed by atoms with Crippen molar-refractivity contribution in [2.45, 2.75) is 38.2 Å². The highest BCUT2D eigenvalue weighted by Crippen LogP contribution is 2.24. The molecular formula is C16H23ClN2O2. The number of likely N-dealkylation sites (tertiary alicyclic amines) is 1. The molecule has 1 saturated heterocycles. The number of benzene rings is 1. The first kappa shape index (κ1) is 16.1. The monoisotopic (exact) mass is 310 g/mol. The van der Waals surface area contributed by atoms with Gasteiger partial charge in [-0.3, -0.25) is 0 Å². The molecule has 116 valence electrons. The van der Waals surface area contributed by atoms with Gasteiger partial charge in [0.15, 0.2) is 0 Å². The van der Waals surface area contributed by atoms with Gasteiger partial charge in [0.25, 0.3) is 0 Å². The minimum atomic E-state index is -0.395. The van der Waals surface area contributed by atoms with Crippen molar-refractivity contribution in [3.05, 3.63) is 34.9 Å². The van der Waals surface area contributed by atoms with E-state index in [9.17, 15) is 9.90 Å². The number of nitrogens with zero attached hydrogens (tertiary/aromatic N) is 1. The van der Waals surface area contributed by atoms with Gasteiger partial charge < -0.3 is 15.3 Å². The van der Waals surface area contributed by atoms with Gasteiger partial charge in [0.2, 0.25) is 0 Å². The van der Waals surface area contributed by atoms with E-state index in [0.717, 1.165) is 18.4 Å². The topological polar surface area (TPSA) is 52.6 Å². The van der Waals surface area contributed by atoms with E-state index in [1.807, 2.05) is 24.3 Å². The number of β-amino-alcohol motifs (C(OH)–C–C–N with tert-alkyl or cyclic N) is 1. The summed E-state index contributed by atoms with van der Waals surface area (Å²) in [7, 11) is 0. The van der Waals surface area contributed by atoms with Gasteiger partial charge in [-0.05, 0) is 30.5 Å². The normalized spacial score (nSPS) is 19.4. The summed E-state index contributed by atoms with van der Waals surface area (Å²) in [4.78, 5) is 13.8. The molecule has 0 aromatic heterocycles. The van der Waals surface area contributed by atoms with Crippen LogP contribution in [-0.4, -0.2) is 41.8 Å². The van der Waals surface area contributed by atoms with Crippen molar-refractivity contribution < 1.29 is 9.90 Å². The third-order valence-corrected chi connectivity index (χ3v) is 4.24. The number of halogens is 1. The van der Waals surface area contributed by atoms with Crippen LogP contribution in [0, 0.1) is 0 Å². The highest BCUT2D eigenvalue weighted by Gasteiger charge is 2.25. The Balaban J connectivity index is 1.91. The molecular weight excluding hydrogens is 288 g/mol. The Labute approximate surface area is 131 Å². The number of rotatable bonds is 3. The summed E-state index contributed by atoms with van der Waals surface area (Å²) >= 11 is 5.90. The Morgan fingerprint density at radius 3 is 2.71 bits per heavy atom. The molecule has 1 aliphatic rings. The van der Waals surface area contributed by atoms with Gasteiger partial charge in [0.05, 0.1) is 6.10 Å². The first-order valence-electron chi connectivity index (χ1n) is 7.35. The highest BCUT2D eigenvalue weighted by atomic mass is 35.5. The molecule has 1 fully saturated rings. The van der Waals surface area contributed by atoms with Gasteiger partial charge in [-0.1, -0.05) is 37.6 Å². The SMILES string of the molecule is CC(C)(CNC(=O)N1CCCC(O)C1)c1ccc(Cl)cc1. The van der Waals surface area contributed by atoms with Gasteiger partial charge >= 0.3 is 6.03 Å². The summed E-state index contributed by atoms with van der Waals surface area (Å²) in [5, 5.41) is 13.3. The Morgan fingerprint density at radius 1 is 1.43 bits per heavy atom. The maximum absolute atomic E-state index is 12.2. The summed E-state index contributed by atoms with van der Waals surface area (Å²) in [5.41, 5.74) is 0.958. The minimum Gasteiger partial charge on any atom is -0.391 e. The smallest absolute Gasteiger partial charge is 0.317 e. The lowest BCUT2D eigenvalue weighted by atomic mass is 9.85. The van der Waals surface area contributed by atoms with E-state index in [1.54, 1.807) is 4.90 Å². The average Bonchev–Trinajstić information content (AvgIpc) is 2.45. The molecule has 1 unspecified atom stereocenters. The van der Waals surface area contributed by atoms with Crippen LogP contribution in [0.25, 0.3) is 0 Å². The molecule has 1 aromatic rings. The van der Waals surface area contributed by atoms with Crippen LogP contribution in [0.4, 0.5) is 4.79 Å². The van der Waals surface area contributed by atoms with Crippen molar-refractivity contribution in [2.75, 3.05) is 19.6 Å². The van der Waals surface area contributed by atoms with E-state index in [4.69, 9.17) is 11.6 Å². The van der Waals surface area contributed by atoms with Crippen molar-refractivity contribution >= 4 is 17.6 Å². The van der Waals surface area contributed by atoms with Crippen molar-refractivity contribution in [1.29, 1.82) is 0 Å². The standard InChI is InChI=1S/C16H23ClN2O2/c1-16(2,12-5-7-13(17)8-6-12)11-18-15(21)19-9-3-4-14(20)10-19/h5-8,14,20H,3-4,9-11H2,1-2H3,(H,18,21). The first-order valence-corrected chi connectivity index (χ1v) is 7.73. The Hall–Kier alpha value is -1.26. The van der Waals surface area contributed by atoms with E-state index in [0.29, 0.717) is 24.7 Å². The molecule has 1 heterocycles. The largest absolute Gasteiger partial charge is 0.391 e. The quantitative estimate of drug-likeness (QED) is 0.902. The Bertz CT molecular complexity index is 488. The van der Waals surface area contributed by atoms with Crippen LogP contribution >= 0.6 is 11.6 Å². The summed E-state index contributed by atoms with van der Waals surface area (Å²) in [6.45, 7) is 5.85. The molecule has 1 aliphatic heterocycles. The van der Waals surface area contributed by atoms with Crippen molar-refractivity contribution in [1.82, 2.24) is 10.2 Å². The molecule has 4 nitrogen and oxygen atoms in total. The van der Waals surface area contributed by atoms with Gasteiger partial charge in [-0.15, -0.1) is 0 Å². The predicted molar refractivity (Wildman–Crippen MR) is 84.7 cm³/mol. The van der Waals surface area contributed by atoms with E-state index in [1.165, 1.54) is 0 Å². The van der Waals surface area contributed by atoms with Crippen LogP contribution in [0.1, 0.15) is 32.3 Å². The second-order valence-corrected chi connectivity index (χ2v) is 6.73. The van der Waals surface area contributed by atoms with Crippen molar-refractivity contribution in [2.24, 2.45) is 0 Å². The predicted octanol–water partition coefficient (Wildman–Crippen LogP) is 2.78. The molecule has 0 aliphatic carbocycles. The van der Waals surface area contributed by atoms with Crippen LogP contribution in [0.2, 0.25) is 5.02 Å². The van der Waals surface area contributed by atoms with Crippen molar-refractivity contribution in [3.8, 4) is 0 Å². The molecule has 0 saturated carbocycles. The molecule has 5 heteroatoms. The van der Waals surface area contributed by atoms with E-state index in [2.05, 4.69) is 19.2 Å². The van der Waals surface area contributed by atoms with Crippen molar-refractivity contribution in [3.63, 3.8) is 0 Å².